The lowest BCUT2D eigenvalue weighted by atomic mass is 10.1. The van der Waals surface area contributed by atoms with Gasteiger partial charge >= 0.3 is 0 Å². The molecule has 1 amide bonds. The van der Waals surface area contributed by atoms with E-state index in [9.17, 15) is 17.6 Å². The lowest BCUT2D eigenvalue weighted by molar-refractivity contribution is -0.120. The van der Waals surface area contributed by atoms with E-state index in [-0.39, 0.29) is 42.1 Å². The maximum Gasteiger partial charge on any atom is 0.224 e. The Morgan fingerprint density at radius 1 is 0.903 bits per heavy atom. The van der Waals surface area contributed by atoms with E-state index in [0.29, 0.717) is 36.9 Å². The van der Waals surface area contributed by atoms with Crippen molar-refractivity contribution in [2.24, 2.45) is 4.99 Å². The van der Waals surface area contributed by atoms with Crippen LogP contribution in [0, 0.1) is 5.82 Å². The molecule has 0 heterocycles. The first-order valence-electron chi connectivity index (χ1n) is 9.52. The molecule has 3 N–H and O–H groups in total. The van der Waals surface area contributed by atoms with E-state index < -0.39 is 9.84 Å². The molecule has 0 aliphatic rings. The molecule has 0 fully saturated rings. The predicted octanol–water partition coefficient (Wildman–Crippen LogP) is 1.91. The smallest absolute Gasteiger partial charge is 0.224 e. The van der Waals surface area contributed by atoms with E-state index in [0.717, 1.165) is 11.1 Å². The van der Waals surface area contributed by atoms with Crippen LogP contribution < -0.4 is 16.0 Å². The first kappa shape index (κ1) is 26.8. The van der Waals surface area contributed by atoms with Crippen LogP contribution in [-0.4, -0.2) is 53.2 Å². The third kappa shape index (κ3) is 10.1. The number of rotatable bonds is 9. The second-order valence-corrected chi connectivity index (χ2v) is 8.76. The monoisotopic (exact) mass is 562 g/mol. The average Bonchev–Trinajstić information content (AvgIpc) is 2.71. The number of hydrogen-bond donors (Lipinski definition) is 3. The number of halogens is 2. The van der Waals surface area contributed by atoms with Crippen LogP contribution >= 0.6 is 24.0 Å². The molecule has 2 rings (SSSR count). The van der Waals surface area contributed by atoms with Gasteiger partial charge in [-0.05, 0) is 41.8 Å². The Hall–Kier alpha value is -2.21. The lowest BCUT2D eigenvalue weighted by Gasteiger charge is -2.12. The second kappa shape index (κ2) is 13.3. The molecule has 170 valence electrons. The van der Waals surface area contributed by atoms with E-state index in [1.165, 1.54) is 18.4 Å². The van der Waals surface area contributed by atoms with Crippen LogP contribution in [0.3, 0.4) is 0 Å². The summed E-state index contributed by atoms with van der Waals surface area (Å²) < 4.78 is 35.8. The molecule has 2 aromatic carbocycles. The number of nitrogens with one attached hydrogen (secondary N) is 3. The summed E-state index contributed by atoms with van der Waals surface area (Å²) in [5.74, 6) is 0.146. The summed E-state index contributed by atoms with van der Waals surface area (Å²) in [4.78, 5) is 16.3. The van der Waals surface area contributed by atoms with Crippen LogP contribution in [0.25, 0.3) is 0 Å². The molecular formula is C21H28FIN4O3S. The molecule has 0 bridgehead atoms. The molecule has 0 radical (unpaired) electrons. The second-order valence-electron chi connectivity index (χ2n) is 6.75. The summed E-state index contributed by atoms with van der Waals surface area (Å²) in [6.45, 7) is 1.54. The Balaban J connectivity index is 0.00000480. The normalized spacial score (nSPS) is 11.4. The number of carbonyl (C=O) groups is 1. The molecule has 2 aromatic rings. The summed E-state index contributed by atoms with van der Waals surface area (Å²) >= 11 is 0. The van der Waals surface area contributed by atoms with Crippen molar-refractivity contribution >= 4 is 45.7 Å². The van der Waals surface area contributed by atoms with Crippen LogP contribution in [0.5, 0.6) is 0 Å². The van der Waals surface area contributed by atoms with Gasteiger partial charge in [0.25, 0.3) is 0 Å². The van der Waals surface area contributed by atoms with Crippen molar-refractivity contribution in [2.45, 2.75) is 17.7 Å². The van der Waals surface area contributed by atoms with Gasteiger partial charge in [-0.25, -0.2) is 12.8 Å². The number of guanidine groups is 1. The fourth-order valence-corrected chi connectivity index (χ4v) is 3.31. The van der Waals surface area contributed by atoms with Gasteiger partial charge in [0.1, 0.15) is 5.82 Å². The summed E-state index contributed by atoms with van der Waals surface area (Å²) in [7, 11) is -1.53. The van der Waals surface area contributed by atoms with Gasteiger partial charge < -0.3 is 16.0 Å². The molecular weight excluding hydrogens is 534 g/mol. The van der Waals surface area contributed by atoms with Gasteiger partial charge in [0.2, 0.25) is 5.91 Å². The Bertz CT molecular complexity index is 965. The fraction of sp³-hybridized carbons (Fsp3) is 0.333. The SMILES string of the molecule is CN=C(NCCNC(=O)Cc1ccc(F)cc1)NCCc1ccc(S(C)(=O)=O)cc1.I. The Labute approximate surface area is 199 Å². The van der Waals surface area contributed by atoms with Crippen molar-refractivity contribution in [3.63, 3.8) is 0 Å². The van der Waals surface area contributed by atoms with E-state index in [1.54, 1.807) is 43.4 Å². The number of amides is 1. The zero-order valence-electron chi connectivity index (χ0n) is 17.5. The number of hydrogen-bond acceptors (Lipinski definition) is 4. The Kier molecular flexibility index (Phi) is 11.5. The molecule has 0 aromatic heterocycles. The first-order chi connectivity index (χ1) is 14.3. The van der Waals surface area contributed by atoms with Gasteiger partial charge in [-0.3, -0.25) is 9.79 Å². The predicted molar refractivity (Wildman–Crippen MR) is 131 cm³/mol. The summed E-state index contributed by atoms with van der Waals surface area (Å²) in [6.07, 6.45) is 2.09. The average molecular weight is 562 g/mol. The van der Waals surface area contributed by atoms with Crippen molar-refractivity contribution in [3.8, 4) is 0 Å². The van der Waals surface area contributed by atoms with Gasteiger partial charge in [-0.15, -0.1) is 24.0 Å². The maximum absolute atomic E-state index is 12.9. The summed E-state index contributed by atoms with van der Waals surface area (Å²) in [5, 5.41) is 9.07. The largest absolute Gasteiger partial charge is 0.356 e. The number of carbonyl (C=O) groups excluding carboxylic acids is 1. The van der Waals surface area contributed by atoms with E-state index in [2.05, 4.69) is 20.9 Å². The zero-order valence-corrected chi connectivity index (χ0v) is 20.7. The lowest BCUT2D eigenvalue weighted by Crippen LogP contribution is -2.42. The highest BCUT2D eigenvalue weighted by atomic mass is 127. The molecule has 0 aliphatic heterocycles. The topological polar surface area (TPSA) is 99.7 Å². The Morgan fingerprint density at radius 2 is 1.45 bits per heavy atom. The highest BCUT2D eigenvalue weighted by Crippen LogP contribution is 2.10. The van der Waals surface area contributed by atoms with Gasteiger partial charge in [-0.2, -0.15) is 0 Å². The van der Waals surface area contributed by atoms with Crippen LogP contribution in [0.2, 0.25) is 0 Å². The van der Waals surface area contributed by atoms with E-state index >= 15 is 0 Å². The molecule has 0 saturated carbocycles. The van der Waals surface area contributed by atoms with Crippen LogP contribution in [0.15, 0.2) is 58.4 Å². The van der Waals surface area contributed by atoms with Gasteiger partial charge in [0.05, 0.1) is 11.3 Å². The van der Waals surface area contributed by atoms with Gasteiger partial charge in [-0.1, -0.05) is 24.3 Å². The third-order valence-electron chi connectivity index (χ3n) is 4.30. The van der Waals surface area contributed by atoms with Crippen molar-refractivity contribution < 1.29 is 17.6 Å². The standard InChI is InChI=1S/C21H27FN4O3S.HI/c1-23-21(25-12-11-16-5-9-19(10-6-16)30(2,28)29)26-14-13-24-20(27)15-17-3-7-18(22)8-4-17;/h3-10H,11-15H2,1-2H3,(H,24,27)(H2,23,25,26);1H. The summed E-state index contributed by atoms with van der Waals surface area (Å²) in [6, 6.07) is 12.6. The third-order valence-corrected chi connectivity index (χ3v) is 5.43. The minimum atomic E-state index is -3.19. The molecule has 0 saturated heterocycles. The Morgan fingerprint density at radius 3 is 2.03 bits per heavy atom. The minimum absolute atomic E-state index is 0. The van der Waals surface area contributed by atoms with Crippen LogP contribution in [-0.2, 0) is 27.5 Å². The molecule has 10 heteroatoms. The molecule has 31 heavy (non-hydrogen) atoms. The van der Waals surface area contributed by atoms with Crippen LogP contribution in [0.1, 0.15) is 11.1 Å². The molecule has 7 nitrogen and oxygen atoms in total. The molecule has 0 unspecified atom stereocenters. The zero-order chi connectivity index (χ0) is 22.0. The number of benzene rings is 2. The van der Waals surface area contributed by atoms with Crippen molar-refractivity contribution in [3.05, 3.63) is 65.5 Å². The van der Waals surface area contributed by atoms with Crippen molar-refractivity contribution in [1.29, 1.82) is 0 Å². The van der Waals surface area contributed by atoms with Crippen molar-refractivity contribution in [1.82, 2.24) is 16.0 Å². The quantitative estimate of drug-likeness (QED) is 0.188. The number of aliphatic imine (C=N–C) groups is 1. The van der Waals surface area contributed by atoms with E-state index in [4.69, 9.17) is 0 Å². The first-order valence-corrected chi connectivity index (χ1v) is 11.4. The number of nitrogens with zero attached hydrogens (tertiary/aromatic N) is 1. The van der Waals surface area contributed by atoms with Gasteiger partial charge in [0.15, 0.2) is 15.8 Å². The summed E-state index contributed by atoms with van der Waals surface area (Å²) in [5.41, 5.74) is 1.77. The van der Waals surface area contributed by atoms with Gasteiger partial charge in [0, 0.05) is 32.9 Å². The fourth-order valence-electron chi connectivity index (χ4n) is 2.68. The molecule has 0 aliphatic carbocycles. The molecule has 0 atom stereocenters. The van der Waals surface area contributed by atoms with Crippen LogP contribution in [0.4, 0.5) is 4.39 Å². The van der Waals surface area contributed by atoms with E-state index in [1.807, 2.05) is 0 Å². The maximum atomic E-state index is 12.9. The minimum Gasteiger partial charge on any atom is -0.356 e. The number of sulfone groups is 1. The highest BCUT2D eigenvalue weighted by Gasteiger charge is 2.06. The highest BCUT2D eigenvalue weighted by molar-refractivity contribution is 14.0. The van der Waals surface area contributed by atoms with Crippen molar-refractivity contribution in [2.75, 3.05) is 32.9 Å². The molecule has 0 spiro atoms.